The molecule has 1 aliphatic heterocycles. The molecule has 5 rings (SSSR count). The molecular formula is C33H39N2Ru. The molecule has 0 bridgehead atoms. The molecule has 2 atom stereocenters. The minimum atomic E-state index is 0.582. The Kier molecular flexibility index (Phi) is 8.66. The van der Waals surface area contributed by atoms with E-state index in [0.29, 0.717) is 12.1 Å². The summed E-state index contributed by atoms with van der Waals surface area (Å²) in [4.78, 5) is 5.21. The first kappa shape index (κ1) is 26.6. The van der Waals surface area contributed by atoms with Crippen molar-refractivity contribution in [3.8, 4) is 0 Å². The zero-order chi connectivity index (χ0) is 25.8. The second-order valence-electron chi connectivity index (χ2n) is 10.5. The van der Waals surface area contributed by atoms with E-state index in [2.05, 4.69) is 104 Å². The van der Waals surface area contributed by atoms with Crippen LogP contribution in [-0.2, 0) is 17.9 Å². The molecule has 1 saturated carbocycles. The maximum absolute atomic E-state index is 2.89. The van der Waals surface area contributed by atoms with E-state index < -0.39 is 0 Å². The Morgan fingerprint density at radius 1 is 0.722 bits per heavy atom. The first-order valence-corrected chi connectivity index (χ1v) is 14.0. The predicted molar refractivity (Wildman–Crippen MR) is 153 cm³/mol. The van der Waals surface area contributed by atoms with Gasteiger partial charge in [0.2, 0.25) is 0 Å². The van der Waals surface area contributed by atoms with E-state index in [9.17, 15) is 0 Å². The van der Waals surface area contributed by atoms with Crippen LogP contribution in [0.3, 0.4) is 0 Å². The monoisotopic (exact) mass is 565 g/mol. The predicted octanol–water partition coefficient (Wildman–Crippen LogP) is 7.94. The van der Waals surface area contributed by atoms with Gasteiger partial charge in [0.1, 0.15) is 0 Å². The number of fused-ring (bicyclic) bond motifs is 1. The van der Waals surface area contributed by atoms with Crippen LogP contribution in [0, 0.1) is 48.2 Å². The third-order valence-corrected chi connectivity index (χ3v) is 7.71. The van der Waals surface area contributed by atoms with Gasteiger partial charge in [-0.05, 0) is 76.6 Å². The van der Waals surface area contributed by atoms with E-state index in [1.165, 1.54) is 76.0 Å². The van der Waals surface area contributed by atoms with Crippen LogP contribution in [0.25, 0.3) is 6.08 Å². The fraction of sp³-hybridized carbons (Fsp3) is 0.364. The van der Waals surface area contributed by atoms with Gasteiger partial charge in [0.15, 0.2) is 0 Å². The Balaban J connectivity index is 0.000000286. The third-order valence-electron chi connectivity index (χ3n) is 7.46. The summed E-state index contributed by atoms with van der Waals surface area (Å²) in [6.07, 6.45) is 7.18. The number of rotatable bonds is 3. The molecule has 3 heteroatoms. The Bertz CT molecular complexity index is 1140. The number of nitrogens with zero attached hydrogens (tertiary/aromatic N) is 2. The van der Waals surface area contributed by atoms with Gasteiger partial charge in [0.25, 0.3) is 0 Å². The van der Waals surface area contributed by atoms with Crippen LogP contribution < -0.4 is 9.80 Å². The van der Waals surface area contributed by atoms with Crippen LogP contribution in [0.5, 0.6) is 0 Å². The van der Waals surface area contributed by atoms with Gasteiger partial charge < -0.3 is 9.80 Å². The number of aryl methyl sites for hydroxylation is 6. The Labute approximate surface area is 228 Å². The molecule has 2 aliphatic rings. The molecule has 0 unspecified atom stereocenters. The van der Waals surface area contributed by atoms with Gasteiger partial charge in [-0.15, -0.1) is 0 Å². The Morgan fingerprint density at radius 2 is 1.14 bits per heavy atom. The van der Waals surface area contributed by atoms with Crippen molar-refractivity contribution in [1.82, 2.24) is 0 Å². The first-order valence-electron chi connectivity index (χ1n) is 13.1. The van der Waals surface area contributed by atoms with Crippen LogP contribution in [0.4, 0.5) is 11.4 Å². The van der Waals surface area contributed by atoms with Gasteiger partial charge in [-0.25, -0.2) is 0 Å². The number of benzene rings is 3. The van der Waals surface area contributed by atoms with Gasteiger partial charge in [-0.2, -0.15) is 6.67 Å². The van der Waals surface area contributed by atoms with Crippen LogP contribution in [0.15, 0.2) is 54.6 Å². The number of hydrogen-bond donors (Lipinski definition) is 0. The molecule has 0 amide bonds. The summed E-state index contributed by atoms with van der Waals surface area (Å²) >= 11 is 2.34. The Hall–Kier alpha value is -2.47. The van der Waals surface area contributed by atoms with E-state index in [1.807, 2.05) is 36.4 Å². The van der Waals surface area contributed by atoms with Crippen molar-refractivity contribution in [2.24, 2.45) is 0 Å². The average Bonchev–Trinajstić information content (AvgIpc) is 3.18. The third kappa shape index (κ3) is 5.75. The summed E-state index contributed by atoms with van der Waals surface area (Å²) < 4.78 is 2.89. The van der Waals surface area contributed by atoms with Crippen molar-refractivity contribution in [2.45, 2.75) is 79.3 Å². The molecule has 0 spiro atoms. The molecule has 0 N–H and O–H groups in total. The number of hydrogen-bond acceptors (Lipinski definition) is 2. The molecule has 3 aromatic rings. The van der Waals surface area contributed by atoms with E-state index in [4.69, 9.17) is 0 Å². The summed E-state index contributed by atoms with van der Waals surface area (Å²) in [6, 6.07) is 20.6. The zero-order valence-electron chi connectivity index (χ0n) is 22.6. The standard InChI is InChI=1S/C25H33N2.C8H6.Ru/c1-16-11-18(3)24(19(4)12-16)26-15-27(23-10-8-7-9-22(23)26)25-20(5)13-17(2)14-21(25)6;1-2-8-6-4-3-5-7-8;/h11-15,22-23H,7-10H2,1-6H3;2-7H;/q-1;;+1/t22-,23-;;/m1../s1. The van der Waals surface area contributed by atoms with Gasteiger partial charge in [0, 0.05) is 23.5 Å². The maximum atomic E-state index is 2.89. The van der Waals surface area contributed by atoms with Crippen molar-refractivity contribution >= 4 is 21.7 Å². The molecular weight excluding hydrogens is 525 g/mol. The normalized spacial score (nSPS) is 18.7. The van der Waals surface area contributed by atoms with Crippen molar-refractivity contribution < 1.29 is 17.9 Å². The zero-order valence-corrected chi connectivity index (χ0v) is 24.3. The fourth-order valence-electron chi connectivity index (χ4n) is 6.26. The van der Waals surface area contributed by atoms with Crippen molar-refractivity contribution in [2.75, 3.05) is 9.80 Å². The van der Waals surface area contributed by atoms with Gasteiger partial charge in [0.05, 0.1) is 0 Å². The summed E-state index contributed by atoms with van der Waals surface area (Å²) in [7, 11) is 0. The fourth-order valence-corrected chi connectivity index (χ4v) is 6.55. The summed E-state index contributed by atoms with van der Waals surface area (Å²) in [5.41, 5.74) is 12.3. The van der Waals surface area contributed by atoms with E-state index >= 15 is 0 Å². The molecule has 1 aliphatic carbocycles. The Morgan fingerprint density at radius 3 is 1.53 bits per heavy atom. The van der Waals surface area contributed by atoms with Crippen molar-refractivity contribution in [3.63, 3.8) is 0 Å². The van der Waals surface area contributed by atoms with Gasteiger partial charge >= 0.3 is 64.1 Å². The number of anilines is 2. The quantitative estimate of drug-likeness (QED) is 0.235. The molecule has 1 heterocycles. The molecule has 36 heavy (non-hydrogen) atoms. The molecule has 3 aromatic carbocycles. The summed E-state index contributed by atoms with van der Waals surface area (Å²) in [5, 5.41) is 0. The molecule has 189 valence electrons. The minimum absolute atomic E-state index is 0.582. The van der Waals surface area contributed by atoms with Crippen molar-refractivity contribution in [1.29, 1.82) is 0 Å². The van der Waals surface area contributed by atoms with Crippen LogP contribution in [-0.4, -0.2) is 16.3 Å². The van der Waals surface area contributed by atoms with Crippen molar-refractivity contribution in [3.05, 3.63) is 100 Å². The van der Waals surface area contributed by atoms with Crippen LogP contribution in [0.1, 0.15) is 64.6 Å². The summed E-state index contributed by atoms with van der Waals surface area (Å²) in [6.45, 7) is 15.9. The molecule has 2 fully saturated rings. The second-order valence-corrected chi connectivity index (χ2v) is 11.0. The SMILES string of the molecule is Cc1cc(C)c(N2[CH-]N(c3c(C)cc(C)cc3C)[C@@H]3CCCC[C@H]32)c(C)c1.[Ru+]=[C]=Cc1ccccc1. The average molecular weight is 565 g/mol. The van der Waals surface area contributed by atoms with Crippen LogP contribution in [0.2, 0.25) is 0 Å². The van der Waals surface area contributed by atoms with E-state index in [-0.39, 0.29) is 0 Å². The van der Waals surface area contributed by atoms with Gasteiger partial charge in [-0.1, -0.05) is 48.2 Å². The first-order chi connectivity index (χ1) is 17.3. The molecule has 2 nitrogen and oxygen atoms in total. The van der Waals surface area contributed by atoms with E-state index in [0.717, 1.165) is 0 Å². The molecule has 0 aromatic heterocycles. The van der Waals surface area contributed by atoms with Gasteiger partial charge in [-0.3, -0.25) is 0 Å². The second kappa shape index (κ2) is 11.7. The summed E-state index contributed by atoms with van der Waals surface area (Å²) in [5.74, 6) is 0. The van der Waals surface area contributed by atoms with E-state index in [1.54, 1.807) is 0 Å². The topological polar surface area (TPSA) is 6.48 Å². The molecule has 1 saturated heterocycles. The molecule has 0 radical (unpaired) electrons. The van der Waals surface area contributed by atoms with Crippen LogP contribution >= 0.6 is 0 Å².